The van der Waals surface area contributed by atoms with Crippen LogP contribution in [0.4, 0.5) is 0 Å². The van der Waals surface area contributed by atoms with Gasteiger partial charge in [-0.2, -0.15) is 0 Å². The lowest BCUT2D eigenvalue weighted by molar-refractivity contribution is -0.318. The molecular formula is C16H23NO4. The molecule has 5 heteroatoms. The summed E-state index contributed by atoms with van der Waals surface area (Å²) in [6.45, 7) is 5.77. The summed E-state index contributed by atoms with van der Waals surface area (Å²) in [6, 6.07) is 0. The second kappa shape index (κ2) is 5.91. The van der Waals surface area contributed by atoms with Gasteiger partial charge in [-0.25, -0.2) is 0 Å². The predicted molar refractivity (Wildman–Crippen MR) is 77.1 cm³/mol. The molecule has 1 spiro atoms. The predicted octanol–water partition coefficient (Wildman–Crippen LogP) is 2.11. The van der Waals surface area contributed by atoms with Crippen LogP contribution in [-0.4, -0.2) is 35.7 Å². The van der Waals surface area contributed by atoms with Gasteiger partial charge in [0.15, 0.2) is 5.79 Å². The minimum Gasteiger partial charge on any atom is -0.492 e. The molecule has 1 aliphatic carbocycles. The summed E-state index contributed by atoms with van der Waals surface area (Å²) in [5.41, 5.74) is 2.56. The van der Waals surface area contributed by atoms with Crippen molar-refractivity contribution in [3.63, 3.8) is 0 Å². The van der Waals surface area contributed by atoms with Crippen molar-refractivity contribution in [3.05, 3.63) is 23.0 Å². The van der Waals surface area contributed by atoms with Crippen molar-refractivity contribution in [1.29, 1.82) is 0 Å². The molecule has 116 valence electrons. The molecule has 5 nitrogen and oxygen atoms in total. The lowest BCUT2D eigenvalue weighted by atomic mass is 9.90. The molecule has 1 saturated carbocycles. The number of nitrogens with zero attached hydrogens (tertiary/aromatic N) is 1. The van der Waals surface area contributed by atoms with E-state index >= 15 is 0 Å². The maximum absolute atomic E-state index is 9.28. The van der Waals surface area contributed by atoms with Crippen molar-refractivity contribution >= 4 is 0 Å². The van der Waals surface area contributed by atoms with Crippen LogP contribution in [0.2, 0.25) is 0 Å². The Morgan fingerprint density at radius 2 is 2.05 bits per heavy atom. The molecule has 1 saturated heterocycles. The van der Waals surface area contributed by atoms with E-state index < -0.39 is 0 Å². The Bertz CT molecular complexity index is 503. The number of ether oxygens (including phenoxy) is 3. The zero-order chi connectivity index (χ0) is 14.9. The summed E-state index contributed by atoms with van der Waals surface area (Å²) in [5, 5.41) is 9.28. The topological polar surface area (TPSA) is 60.8 Å². The Hall–Kier alpha value is -1.17. The molecule has 1 aliphatic heterocycles. The van der Waals surface area contributed by atoms with E-state index in [1.54, 1.807) is 6.20 Å². The summed E-state index contributed by atoms with van der Waals surface area (Å²) < 4.78 is 17.7. The van der Waals surface area contributed by atoms with Crippen LogP contribution in [0.3, 0.4) is 0 Å². The maximum Gasteiger partial charge on any atom is 0.168 e. The quantitative estimate of drug-likeness (QED) is 0.921. The van der Waals surface area contributed by atoms with Gasteiger partial charge in [0.2, 0.25) is 0 Å². The fraction of sp³-hybridized carbons (Fsp3) is 0.688. The lowest BCUT2D eigenvalue weighted by Crippen LogP contribution is -2.50. The number of hydrogen-bond acceptors (Lipinski definition) is 5. The van der Waals surface area contributed by atoms with Crippen LogP contribution in [0.25, 0.3) is 0 Å². The van der Waals surface area contributed by atoms with E-state index in [-0.39, 0.29) is 18.3 Å². The normalized spacial score (nSPS) is 21.3. The monoisotopic (exact) mass is 293 g/mol. The molecule has 0 unspecified atom stereocenters. The molecule has 1 N–H and O–H groups in total. The van der Waals surface area contributed by atoms with E-state index in [9.17, 15) is 5.11 Å². The van der Waals surface area contributed by atoms with Gasteiger partial charge in [0.25, 0.3) is 0 Å². The first-order valence-electron chi connectivity index (χ1n) is 7.60. The highest BCUT2D eigenvalue weighted by molar-refractivity contribution is 5.40. The number of aliphatic hydroxyl groups excluding tert-OH is 1. The molecule has 2 aliphatic rings. The van der Waals surface area contributed by atoms with Crippen LogP contribution in [0.5, 0.6) is 5.75 Å². The van der Waals surface area contributed by atoms with Gasteiger partial charge in [-0.15, -0.1) is 0 Å². The number of pyridine rings is 1. The second-order valence-corrected chi connectivity index (χ2v) is 6.06. The molecule has 0 atom stereocenters. The van der Waals surface area contributed by atoms with Gasteiger partial charge in [-0.05, 0) is 20.3 Å². The van der Waals surface area contributed by atoms with E-state index in [0.717, 1.165) is 29.7 Å². The Balaban J connectivity index is 1.58. The lowest BCUT2D eigenvalue weighted by Gasteiger charge is -2.45. The first-order valence-corrected chi connectivity index (χ1v) is 7.60. The van der Waals surface area contributed by atoms with Crippen molar-refractivity contribution in [1.82, 2.24) is 4.98 Å². The molecule has 0 radical (unpaired) electrons. The van der Waals surface area contributed by atoms with Crippen LogP contribution in [0.15, 0.2) is 6.20 Å². The molecule has 1 aromatic heterocycles. The maximum atomic E-state index is 9.28. The van der Waals surface area contributed by atoms with Crippen molar-refractivity contribution in [2.45, 2.75) is 45.5 Å². The number of aromatic nitrogens is 1. The Labute approximate surface area is 125 Å². The van der Waals surface area contributed by atoms with E-state index in [2.05, 4.69) is 4.98 Å². The molecule has 0 aromatic carbocycles. The fourth-order valence-electron chi connectivity index (χ4n) is 2.82. The highest BCUT2D eigenvalue weighted by Crippen LogP contribution is 2.39. The summed E-state index contributed by atoms with van der Waals surface area (Å²) in [7, 11) is 0. The Morgan fingerprint density at radius 1 is 1.33 bits per heavy atom. The SMILES string of the molecule is Cc1cnc(CO)c(C)c1OCC1COC2(CCC2)OC1. The minimum absolute atomic E-state index is 0.0688. The molecule has 3 rings (SSSR count). The zero-order valence-corrected chi connectivity index (χ0v) is 12.7. The van der Waals surface area contributed by atoms with E-state index in [0.29, 0.717) is 25.5 Å². The molecule has 2 heterocycles. The van der Waals surface area contributed by atoms with Crippen LogP contribution < -0.4 is 4.74 Å². The van der Waals surface area contributed by atoms with E-state index in [4.69, 9.17) is 14.2 Å². The van der Waals surface area contributed by atoms with Gasteiger partial charge < -0.3 is 19.3 Å². The zero-order valence-electron chi connectivity index (χ0n) is 12.7. The largest absolute Gasteiger partial charge is 0.492 e. The van der Waals surface area contributed by atoms with Crippen LogP contribution in [0, 0.1) is 19.8 Å². The number of aryl methyl sites for hydroxylation is 1. The third-order valence-electron chi connectivity index (χ3n) is 4.44. The molecule has 2 fully saturated rings. The Morgan fingerprint density at radius 3 is 2.62 bits per heavy atom. The van der Waals surface area contributed by atoms with Gasteiger partial charge in [-0.1, -0.05) is 0 Å². The summed E-state index contributed by atoms with van der Waals surface area (Å²) in [6.07, 6.45) is 4.97. The molecule has 21 heavy (non-hydrogen) atoms. The average Bonchev–Trinajstić information content (AvgIpc) is 2.46. The van der Waals surface area contributed by atoms with Crippen molar-refractivity contribution in [2.24, 2.45) is 5.92 Å². The average molecular weight is 293 g/mol. The highest BCUT2D eigenvalue weighted by atomic mass is 16.7. The summed E-state index contributed by atoms with van der Waals surface area (Å²) >= 11 is 0. The summed E-state index contributed by atoms with van der Waals surface area (Å²) in [4.78, 5) is 4.21. The third kappa shape index (κ3) is 2.91. The fourth-order valence-corrected chi connectivity index (χ4v) is 2.82. The van der Waals surface area contributed by atoms with Gasteiger partial charge in [-0.3, -0.25) is 4.98 Å². The van der Waals surface area contributed by atoms with Gasteiger partial charge in [0, 0.05) is 36.1 Å². The van der Waals surface area contributed by atoms with Gasteiger partial charge in [0.1, 0.15) is 5.75 Å². The minimum atomic E-state index is -0.275. The van der Waals surface area contributed by atoms with Crippen LogP contribution in [-0.2, 0) is 16.1 Å². The number of aliphatic hydroxyl groups is 1. The first-order chi connectivity index (χ1) is 10.1. The van der Waals surface area contributed by atoms with Gasteiger partial charge in [0.05, 0.1) is 32.1 Å². The van der Waals surface area contributed by atoms with E-state index in [1.165, 1.54) is 6.42 Å². The molecule has 0 amide bonds. The molecule has 0 bridgehead atoms. The Kier molecular flexibility index (Phi) is 4.15. The first kappa shape index (κ1) is 14.8. The van der Waals surface area contributed by atoms with Crippen LogP contribution >= 0.6 is 0 Å². The standard InChI is InChI=1S/C16H23NO4/c1-11-6-17-14(7-18)12(2)15(11)19-8-13-9-20-16(21-10-13)4-3-5-16/h6,13,18H,3-5,7-10H2,1-2H3. The highest BCUT2D eigenvalue weighted by Gasteiger charge is 2.43. The van der Waals surface area contributed by atoms with Crippen molar-refractivity contribution in [3.8, 4) is 5.75 Å². The second-order valence-electron chi connectivity index (χ2n) is 6.06. The third-order valence-corrected chi connectivity index (χ3v) is 4.44. The van der Waals surface area contributed by atoms with Crippen molar-refractivity contribution < 1.29 is 19.3 Å². The smallest absolute Gasteiger partial charge is 0.168 e. The van der Waals surface area contributed by atoms with E-state index in [1.807, 2.05) is 13.8 Å². The summed E-state index contributed by atoms with van der Waals surface area (Å²) in [5.74, 6) is 0.794. The molecule has 1 aromatic rings. The van der Waals surface area contributed by atoms with Crippen molar-refractivity contribution in [2.75, 3.05) is 19.8 Å². The number of hydrogen-bond donors (Lipinski definition) is 1. The van der Waals surface area contributed by atoms with Crippen LogP contribution in [0.1, 0.15) is 36.1 Å². The molecular weight excluding hydrogens is 270 g/mol. The van der Waals surface area contributed by atoms with Gasteiger partial charge >= 0.3 is 0 Å². The number of rotatable bonds is 4.